The van der Waals surface area contributed by atoms with Crippen LogP contribution in [-0.2, 0) is 0 Å². The summed E-state index contributed by atoms with van der Waals surface area (Å²) in [4.78, 5) is 18.6. The summed E-state index contributed by atoms with van der Waals surface area (Å²) >= 11 is 0. The minimum Gasteiger partial charge on any atom is -0.392 e. The Balaban J connectivity index is 2.31. The second-order valence-corrected chi connectivity index (χ2v) is 6.23. The molecule has 0 saturated heterocycles. The number of aromatic nitrogens is 1. The van der Waals surface area contributed by atoms with Crippen LogP contribution >= 0.6 is 0 Å². The molecule has 1 aromatic heterocycles. The van der Waals surface area contributed by atoms with E-state index in [1.807, 2.05) is 51.1 Å². The predicted octanol–water partition coefficient (Wildman–Crippen LogP) is 3.29. The van der Waals surface area contributed by atoms with E-state index in [1.165, 1.54) is 5.56 Å². The van der Waals surface area contributed by atoms with Gasteiger partial charge in [-0.2, -0.15) is 0 Å². The van der Waals surface area contributed by atoms with E-state index in [9.17, 15) is 9.90 Å². The quantitative estimate of drug-likeness (QED) is 0.921. The van der Waals surface area contributed by atoms with Crippen molar-refractivity contribution >= 4 is 5.91 Å². The summed E-state index contributed by atoms with van der Waals surface area (Å²) < 4.78 is 0. The summed E-state index contributed by atoms with van der Waals surface area (Å²) in [5.74, 6) is -0.109. The highest BCUT2D eigenvalue weighted by atomic mass is 16.3. The second-order valence-electron chi connectivity index (χ2n) is 6.23. The van der Waals surface area contributed by atoms with Gasteiger partial charge < -0.3 is 10.0 Å². The number of amides is 1. The molecule has 2 aromatic rings. The van der Waals surface area contributed by atoms with Gasteiger partial charge in [-0.3, -0.25) is 9.78 Å². The summed E-state index contributed by atoms with van der Waals surface area (Å²) in [5.41, 5.74) is 3.68. The summed E-state index contributed by atoms with van der Waals surface area (Å²) in [6, 6.07) is 10.0. The van der Waals surface area contributed by atoms with Gasteiger partial charge in [-0.15, -0.1) is 0 Å². The Labute approximate surface area is 137 Å². The van der Waals surface area contributed by atoms with Crippen LogP contribution in [0.4, 0.5) is 0 Å². The number of pyridine rings is 1. The Kier molecular flexibility index (Phi) is 5.50. The van der Waals surface area contributed by atoms with Crippen LogP contribution in [0.25, 0.3) is 11.1 Å². The Morgan fingerprint density at radius 3 is 2.35 bits per heavy atom. The van der Waals surface area contributed by atoms with Crippen molar-refractivity contribution in [3.63, 3.8) is 0 Å². The van der Waals surface area contributed by atoms with Crippen molar-refractivity contribution in [3.8, 4) is 11.1 Å². The molecule has 0 radical (unpaired) electrons. The molecule has 0 fully saturated rings. The molecule has 1 aromatic carbocycles. The molecule has 0 aliphatic carbocycles. The topological polar surface area (TPSA) is 53.4 Å². The van der Waals surface area contributed by atoms with E-state index < -0.39 is 6.10 Å². The van der Waals surface area contributed by atoms with Gasteiger partial charge in [-0.05, 0) is 39.3 Å². The average molecular weight is 312 g/mol. The molecule has 1 unspecified atom stereocenters. The number of aryl methyl sites for hydroxylation is 1. The molecule has 122 valence electrons. The highest BCUT2D eigenvalue weighted by Gasteiger charge is 2.21. The van der Waals surface area contributed by atoms with Crippen molar-refractivity contribution in [1.82, 2.24) is 9.88 Å². The first-order valence-electron chi connectivity index (χ1n) is 7.89. The Bertz CT molecular complexity index is 663. The van der Waals surface area contributed by atoms with Crippen LogP contribution in [0.1, 0.15) is 36.7 Å². The van der Waals surface area contributed by atoms with Crippen molar-refractivity contribution in [3.05, 3.63) is 53.9 Å². The zero-order valence-corrected chi connectivity index (χ0v) is 14.2. The van der Waals surface area contributed by atoms with Gasteiger partial charge in [-0.1, -0.05) is 29.8 Å². The van der Waals surface area contributed by atoms with Crippen LogP contribution in [0.3, 0.4) is 0 Å². The highest BCUT2D eigenvalue weighted by molar-refractivity contribution is 5.95. The van der Waals surface area contributed by atoms with Crippen LogP contribution in [0.2, 0.25) is 0 Å². The Morgan fingerprint density at radius 2 is 1.78 bits per heavy atom. The van der Waals surface area contributed by atoms with Crippen LogP contribution < -0.4 is 0 Å². The number of carbonyl (C=O) groups is 1. The summed E-state index contributed by atoms with van der Waals surface area (Å²) in [6.45, 7) is 7.92. The maximum absolute atomic E-state index is 12.7. The minimum atomic E-state index is -0.561. The Morgan fingerprint density at radius 1 is 1.13 bits per heavy atom. The predicted molar refractivity (Wildman–Crippen MR) is 92.3 cm³/mol. The molecule has 0 spiro atoms. The maximum atomic E-state index is 12.7. The fourth-order valence-electron chi connectivity index (χ4n) is 2.44. The minimum absolute atomic E-state index is 0.0140. The number of hydrogen-bond donors (Lipinski definition) is 1. The number of hydrogen-bond acceptors (Lipinski definition) is 3. The molecular formula is C19H24N2O2. The Hall–Kier alpha value is -2.20. The SMILES string of the molecule is Cc1ccc(-c2cncc(C(=O)N(CC(C)O)C(C)C)c2)cc1. The van der Waals surface area contributed by atoms with Crippen molar-refractivity contribution in [2.75, 3.05) is 6.54 Å². The lowest BCUT2D eigenvalue weighted by molar-refractivity contribution is 0.0578. The monoisotopic (exact) mass is 312 g/mol. The molecule has 0 aliphatic rings. The maximum Gasteiger partial charge on any atom is 0.255 e. The van der Waals surface area contributed by atoms with E-state index in [-0.39, 0.29) is 11.9 Å². The zero-order chi connectivity index (χ0) is 17.0. The molecular weight excluding hydrogens is 288 g/mol. The fourth-order valence-corrected chi connectivity index (χ4v) is 2.44. The second kappa shape index (κ2) is 7.38. The molecule has 4 heteroatoms. The van der Waals surface area contributed by atoms with E-state index in [0.29, 0.717) is 12.1 Å². The third-order valence-electron chi connectivity index (χ3n) is 3.72. The van der Waals surface area contributed by atoms with Gasteiger partial charge in [0, 0.05) is 30.5 Å². The van der Waals surface area contributed by atoms with E-state index in [0.717, 1.165) is 11.1 Å². The lowest BCUT2D eigenvalue weighted by Crippen LogP contribution is -2.41. The van der Waals surface area contributed by atoms with Crippen LogP contribution in [0.15, 0.2) is 42.7 Å². The lowest BCUT2D eigenvalue weighted by atomic mass is 10.0. The third kappa shape index (κ3) is 4.39. The van der Waals surface area contributed by atoms with Gasteiger partial charge in [-0.25, -0.2) is 0 Å². The van der Waals surface area contributed by atoms with Gasteiger partial charge in [0.05, 0.1) is 11.7 Å². The molecule has 0 bridgehead atoms. The molecule has 1 heterocycles. The number of carbonyl (C=O) groups excluding carboxylic acids is 1. The van der Waals surface area contributed by atoms with Crippen LogP contribution in [0, 0.1) is 6.92 Å². The number of aliphatic hydroxyl groups is 1. The number of benzene rings is 1. The standard InChI is InChI=1S/C19H24N2O2/c1-13(2)21(12-15(4)22)19(23)18-9-17(10-20-11-18)16-7-5-14(3)6-8-16/h5-11,13,15,22H,12H2,1-4H3. The van der Waals surface area contributed by atoms with E-state index in [4.69, 9.17) is 0 Å². The zero-order valence-electron chi connectivity index (χ0n) is 14.2. The van der Waals surface area contributed by atoms with Crippen molar-refractivity contribution < 1.29 is 9.90 Å². The van der Waals surface area contributed by atoms with E-state index in [1.54, 1.807) is 24.2 Å². The van der Waals surface area contributed by atoms with Crippen molar-refractivity contribution in [2.24, 2.45) is 0 Å². The summed E-state index contributed by atoms with van der Waals surface area (Å²) in [7, 11) is 0. The average Bonchev–Trinajstić information content (AvgIpc) is 2.52. The number of rotatable bonds is 5. The van der Waals surface area contributed by atoms with Crippen molar-refractivity contribution in [2.45, 2.75) is 39.8 Å². The third-order valence-corrected chi connectivity index (χ3v) is 3.72. The molecule has 0 aliphatic heterocycles. The number of aliphatic hydroxyl groups excluding tert-OH is 1. The van der Waals surface area contributed by atoms with Crippen LogP contribution in [-0.4, -0.2) is 39.6 Å². The van der Waals surface area contributed by atoms with E-state index in [2.05, 4.69) is 4.98 Å². The summed E-state index contributed by atoms with van der Waals surface area (Å²) in [5, 5.41) is 9.62. The van der Waals surface area contributed by atoms with Crippen LogP contribution in [0.5, 0.6) is 0 Å². The lowest BCUT2D eigenvalue weighted by Gasteiger charge is -2.28. The molecule has 0 saturated carbocycles. The molecule has 1 N–H and O–H groups in total. The first-order chi connectivity index (χ1) is 10.9. The molecule has 2 rings (SSSR count). The summed E-state index contributed by atoms with van der Waals surface area (Å²) in [6.07, 6.45) is 2.78. The van der Waals surface area contributed by atoms with Gasteiger partial charge >= 0.3 is 0 Å². The number of nitrogens with zero attached hydrogens (tertiary/aromatic N) is 2. The molecule has 1 atom stereocenters. The van der Waals surface area contributed by atoms with E-state index >= 15 is 0 Å². The van der Waals surface area contributed by atoms with Gasteiger partial charge in [0.2, 0.25) is 0 Å². The fraction of sp³-hybridized carbons (Fsp3) is 0.368. The normalized spacial score (nSPS) is 12.3. The first-order valence-corrected chi connectivity index (χ1v) is 7.89. The molecule has 1 amide bonds. The van der Waals surface area contributed by atoms with Crippen molar-refractivity contribution in [1.29, 1.82) is 0 Å². The largest absolute Gasteiger partial charge is 0.392 e. The van der Waals surface area contributed by atoms with Gasteiger partial charge in [0.15, 0.2) is 0 Å². The molecule has 4 nitrogen and oxygen atoms in total. The van der Waals surface area contributed by atoms with Gasteiger partial charge in [0.1, 0.15) is 0 Å². The van der Waals surface area contributed by atoms with Gasteiger partial charge in [0.25, 0.3) is 5.91 Å². The molecule has 23 heavy (non-hydrogen) atoms. The highest BCUT2D eigenvalue weighted by Crippen LogP contribution is 2.21. The first kappa shape index (κ1) is 17.2. The smallest absolute Gasteiger partial charge is 0.255 e.